The summed E-state index contributed by atoms with van der Waals surface area (Å²) in [6.45, 7) is 1.87. The van der Waals surface area contributed by atoms with Crippen molar-refractivity contribution in [3.05, 3.63) is 44.9 Å². The zero-order valence-corrected chi connectivity index (χ0v) is 16.0. The Kier molecular flexibility index (Phi) is 5.96. The number of anilines is 1. The monoisotopic (exact) mass is 413 g/mol. The van der Waals surface area contributed by atoms with Crippen LogP contribution in [-0.4, -0.2) is 27.2 Å². The summed E-state index contributed by atoms with van der Waals surface area (Å²) in [5, 5.41) is 3.47. The average Bonchev–Trinajstić information content (AvgIpc) is 2.56. The van der Waals surface area contributed by atoms with Crippen LogP contribution in [0.2, 0.25) is 5.02 Å². The summed E-state index contributed by atoms with van der Waals surface area (Å²) in [5.74, 6) is 0.878. The fourth-order valence-electron chi connectivity index (χ4n) is 2.24. The highest BCUT2D eigenvalue weighted by Gasteiger charge is 2.23. The lowest BCUT2D eigenvalue weighted by Crippen LogP contribution is -2.14. The Morgan fingerprint density at radius 1 is 1.08 bits per heavy atom. The van der Waals surface area contributed by atoms with Gasteiger partial charge in [0.25, 0.3) is 5.91 Å². The zero-order chi connectivity index (χ0) is 17.9. The number of ether oxygens (including phenoxy) is 3. The molecule has 0 saturated heterocycles. The highest BCUT2D eigenvalue weighted by atomic mass is 79.9. The van der Waals surface area contributed by atoms with Gasteiger partial charge in [-0.1, -0.05) is 11.6 Å². The molecule has 24 heavy (non-hydrogen) atoms. The number of rotatable bonds is 5. The van der Waals surface area contributed by atoms with Crippen LogP contribution in [0.1, 0.15) is 15.9 Å². The molecule has 0 heterocycles. The van der Waals surface area contributed by atoms with Crippen molar-refractivity contribution in [3.8, 4) is 17.2 Å². The molecule has 0 aliphatic carbocycles. The molecule has 7 heteroatoms. The number of benzene rings is 2. The first-order valence-electron chi connectivity index (χ1n) is 6.98. The van der Waals surface area contributed by atoms with Gasteiger partial charge in [0.15, 0.2) is 11.5 Å². The molecule has 1 N–H and O–H groups in total. The third kappa shape index (κ3) is 3.60. The van der Waals surface area contributed by atoms with Crippen molar-refractivity contribution < 1.29 is 19.0 Å². The Morgan fingerprint density at radius 2 is 1.75 bits per heavy atom. The Balaban J connectivity index is 2.45. The van der Waals surface area contributed by atoms with Gasteiger partial charge in [-0.3, -0.25) is 4.79 Å². The van der Waals surface area contributed by atoms with Gasteiger partial charge in [-0.05, 0) is 52.7 Å². The van der Waals surface area contributed by atoms with Crippen molar-refractivity contribution >= 4 is 39.1 Å². The molecule has 2 rings (SSSR count). The normalized spacial score (nSPS) is 10.2. The predicted molar refractivity (Wildman–Crippen MR) is 97.9 cm³/mol. The fraction of sp³-hybridized carbons (Fsp3) is 0.235. The number of hydrogen-bond acceptors (Lipinski definition) is 4. The lowest BCUT2D eigenvalue weighted by molar-refractivity contribution is 0.102. The molecular weight excluding hydrogens is 398 g/mol. The van der Waals surface area contributed by atoms with E-state index in [9.17, 15) is 4.79 Å². The van der Waals surface area contributed by atoms with Crippen LogP contribution in [0.3, 0.4) is 0 Å². The zero-order valence-electron chi connectivity index (χ0n) is 13.7. The lowest BCUT2D eigenvalue weighted by atomic mass is 10.1. The van der Waals surface area contributed by atoms with Crippen molar-refractivity contribution in [2.75, 3.05) is 26.6 Å². The molecular formula is C17H17BrClNO4. The van der Waals surface area contributed by atoms with E-state index in [1.54, 1.807) is 24.3 Å². The Bertz CT molecular complexity index is 780. The van der Waals surface area contributed by atoms with Crippen LogP contribution >= 0.6 is 27.5 Å². The maximum Gasteiger partial charge on any atom is 0.257 e. The van der Waals surface area contributed by atoms with Gasteiger partial charge in [-0.15, -0.1) is 0 Å². The van der Waals surface area contributed by atoms with E-state index in [0.717, 1.165) is 5.56 Å². The Hall–Kier alpha value is -1.92. The average molecular weight is 415 g/mol. The second kappa shape index (κ2) is 7.77. The third-order valence-corrected chi connectivity index (χ3v) is 4.47. The molecule has 0 saturated carbocycles. The van der Waals surface area contributed by atoms with Crippen molar-refractivity contribution in [1.29, 1.82) is 0 Å². The smallest absolute Gasteiger partial charge is 0.257 e. The molecule has 2 aromatic rings. The van der Waals surface area contributed by atoms with Gasteiger partial charge < -0.3 is 19.5 Å². The van der Waals surface area contributed by atoms with Crippen molar-refractivity contribution in [1.82, 2.24) is 0 Å². The van der Waals surface area contributed by atoms with E-state index < -0.39 is 0 Å². The highest BCUT2D eigenvalue weighted by molar-refractivity contribution is 9.10. The number of methoxy groups -OCH3 is 3. The number of aryl methyl sites for hydroxylation is 1. The molecule has 0 aliphatic heterocycles. The number of hydrogen-bond donors (Lipinski definition) is 1. The van der Waals surface area contributed by atoms with Crippen LogP contribution in [0.5, 0.6) is 17.2 Å². The van der Waals surface area contributed by atoms with Gasteiger partial charge in [-0.25, -0.2) is 0 Å². The molecule has 0 radical (unpaired) electrons. The molecule has 0 spiro atoms. The summed E-state index contributed by atoms with van der Waals surface area (Å²) < 4.78 is 16.4. The molecule has 0 atom stereocenters. The van der Waals surface area contributed by atoms with E-state index in [-0.39, 0.29) is 5.91 Å². The van der Waals surface area contributed by atoms with Crippen LogP contribution in [-0.2, 0) is 0 Å². The Labute approximate surface area is 154 Å². The maximum atomic E-state index is 12.7. The lowest BCUT2D eigenvalue weighted by Gasteiger charge is -2.17. The minimum Gasteiger partial charge on any atom is -0.493 e. The summed E-state index contributed by atoms with van der Waals surface area (Å²) in [4.78, 5) is 12.7. The second-order valence-corrected chi connectivity index (χ2v) is 6.15. The quantitative estimate of drug-likeness (QED) is 0.771. The van der Waals surface area contributed by atoms with Crippen LogP contribution < -0.4 is 19.5 Å². The number of carbonyl (C=O) groups is 1. The number of halogens is 2. The summed E-state index contributed by atoms with van der Waals surface area (Å²) in [7, 11) is 4.49. The van der Waals surface area contributed by atoms with E-state index in [4.69, 9.17) is 25.8 Å². The first-order chi connectivity index (χ1) is 11.4. The molecule has 1 amide bonds. The first kappa shape index (κ1) is 18.4. The van der Waals surface area contributed by atoms with Gasteiger partial charge >= 0.3 is 0 Å². The van der Waals surface area contributed by atoms with Crippen LogP contribution in [0.25, 0.3) is 0 Å². The summed E-state index contributed by atoms with van der Waals surface area (Å²) in [6.07, 6.45) is 0. The van der Waals surface area contributed by atoms with Crippen molar-refractivity contribution in [3.63, 3.8) is 0 Å². The van der Waals surface area contributed by atoms with Gasteiger partial charge in [0.2, 0.25) is 5.75 Å². The van der Waals surface area contributed by atoms with E-state index in [1.165, 1.54) is 21.3 Å². The highest BCUT2D eigenvalue weighted by Crippen LogP contribution is 2.44. The van der Waals surface area contributed by atoms with Gasteiger partial charge in [-0.2, -0.15) is 0 Å². The number of nitrogens with one attached hydrogen (secondary N) is 1. The van der Waals surface area contributed by atoms with E-state index >= 15 is 0 Å². The maximum absolute atomic E-state index is 12.7. The minimum absolute atomic E-state index is 0.313. The first-order valence-corrected chi connectivity index (χ1v) is 8.16. The molecule has 128 valence electrons. The molecule has 0 aromatic heterocycles. The predicted octanol–water partition coefficient (Wildman–Crippen LogP) is 4.69. The van der Waals surface area contributed by atoms with Crippen LogP contribution in [0.4, 0.5) is 5.69 Å². The van der Waals surface area contributed by atoms with Gasteiger partial charge in [0, 0.05) is 10.7 Å². The molecule has 0 bridgehead atoms. The SMILES string of the molecule is COc1cc(C(=O)Nc2ccc(Cl)cc2C)c(Br)c(OC)c1OC. The summed E-state index contributed by atoms with van der Waals surface area (Å²) in [6, 6.07) is 6.84. The fourth-order valence-corrected chi connectivity index (χ4v) is 3.11. The molecule has 0 unspecified atom stereocenters. The van der Waals surface area contributed by atoms with Crippen molar-refractivity contribution in [2.45, 2.75) is 6.92 Å². The van der Waals surface area contributed by atoms with Crippen LogP contribution in [0, 0.1) is 6.92 Å². The van der Waals surface area contributed by atoms with Crippen molar-refractivity contribution in [2.24, 2.45) is 0 Å². The van der Waals surface area contributed by atoms with Gasteiger partial charge in [0.1, 0.15) is 0 Å². The topological polar surface area (TPSA) is 56.8 Å². The molecule has 0 fully saturated rings. The molecule has 0 aliphatic rings. The van der Waals surface area contributed by atoms with E-state index in [0.29, 0.717) is 38.0 Å². The molecule has 2 aromatic carbocycles. The van der Waals surface area contributed by atoms with Crippen LogP contribution in [0.15, 0.2) is 28.7 Å². The second-order valence-electron chi connectivity index (χ2n) is 4.92. The standard InChI is InChI=1S/C17H17BrClNO4/c1-9-7-10(19)5-6-12(9)20-17(21)11-8-13(22-2)15(23-3)16(24-4)14(11)18/h5-8H,1-4H3,(H,20,21). The van der Waals surface area contributed by atoms with E-state index in [1.807, 2.05) is 6.92 Å². The largest absolute Gasteiger partial charge is 0.493 e. The van der Waals surface area contributed by atoms with E-state index in [2.05, 4.69) is 21.2 Å². The summed E-state index contributed by atoms with van der Waals surface area (Å²) >= 11 is 9.34. The summed E-state index contributed by atoms with van der Waals surface area (Å²) in [5.41, 5.74) is 1.89. The van der Waals surface area contributed by atoms with Gasteiger partial charge in [0.05, 0.1) is 31.4 Å². The third-order valence-electron chi connectivity index (χ3n) is 3.45. The minimum atomic E-state index is -0.313. The number of amides is 1. The molecule has 5 nitrogen and oxygen atoms in total. The number of carbonyl (C=O) groups excluding carboxylic acids is 1. The Morgan fingerprint density at radius 3 is 2.29 bits per heavy atom.